The zero-order chi connectivity index (χ0) is 20.4. The highest BCUT2D eigenvalue weighted by Gasteiger charge is 2.19. The minimum atomic E-state index is -1.21. The van der Waals surface area contributed by atoms with Gasteiger partial charge in [-0.15, -0.1) is 0 Å². The Hall–Kier alpha value is -2.90. The van der Waals surface area contributed by atoms with Crippen LogP contribution in [0.3, 0.4) is 0 Å². The van der Waals surface area contributed by atoms with Crippen molar-refractivity contribution in [2.75, 3.05) is 13.2 Å². The molecule has 0 bridgehead atoms. The molecule has 2 aromatic carbocycles. The van der Waals surface area contributed by atoms with Crippen LogP contribution < -0.4 is 5.32 Å². The lowest BCUT2D eigenvalue weighted by atomic mass is 10.0. The summed E-state index contributed by atoms with van der Waals surface area (Å²) in [6, 6.07) is 15.8. The third-order valence-electron chi connectivity index (χ3n) is 4.01. The molecule has 1 amide bonds. The zero-order valence-corrected chi connectivity index (χ0v) is 15.7. The number of carbonyl (C=O) groups excluding carboxylic acids is 2. The van der Waals surface area contributed by atoms with Crippen LogP contribution in [0, 0.1) is 0 Å². The van der Waals surface area contributed by atoms with Crippen molar-refractivity contribution in [3.63, 3.8) is 0 Å². The van der Waals surface area contributed by atoms with Crippen LogP contribution in [0.25, 0.3) is 0 Å². The average Bonchev–Trinajstić information content (AvgIpc) is 2.71. The Kier molecular flexibility index (Phi) is 8.45. The van der Waals surface area contributed by atoms with Gasteiger partial charge in [-0.1, -0.05) is 54.6 Å². The van der Waals surface area contributed by atoms with Gasteiger partial charge in [0.2, 0.25) is 0 Å². The number of rotatable bonds is 9. The number of amides is 1. The summed E-state index contributed by atoms with van der Waals surface area (Å²) < 4.78 is 9.93. The number of ether oxygens (including phenoxy) is 2. The van der Waals surface area contributed by atoms with Crippen molar-refractivity contribution >= 4 is 12.1 Å². The fourth-order valence-electron chi connectivity index (χ4n) is 2.51. The summed E-state index contributed by atoms with van der Waals surface area (Å²) in [6.07, 6.45) is -2.94. The molecule has 0 spiro atoms. The first kappa shape index (κ1) is 21.4. The zero-order valence-electron chi connectivity index (χ0n) is 15.7. The normalized spacial score (nSPS) is 12.7. The highest BCUT2D eigenvalue weighted by atomic mass is 16.5. The summed E-state index contributed by atoms with van der Waals surface area (Å²) in [5.74, 6) is -0.325. The predicted molar refractivity (Wildman–Crippen MR) is 102 cm³/mol. The molecule has 2 aromatic rings. The molecule has 28 heavy (non-hydrogen) atoms. The van der Waals surface area contributed by atoms with Gasteiger partial charge in [-0.25, -0.2) is 4.79 Å². The SMILES string of the molecule is CCOC(=O)Cc1ccc(C(O)C(O)CNC(=O)OCc2ccccc2)cc1. The van der Waals surface area contributed by atoms with E-state index in [2.05, 4.69) is 5.32 Å². The quantitative estimate of drug-likeness (QED) is 0.569. The van der Waals surface area contributed by atoms with Gasteiger partial charge in [-0.2, -0.15) is 0 Å². The maximum Gasteiger partial charge on any atom is 0.407 e. The molecule has 0 aliphatic rings. The Bertz CT molecular complexity index is 747. The third kappa shape index (κ3) is 7.02. The van der Waals surface area contributed by atoms with Gasteiger partial charge in [0.1, 0.15) is 18.8 Å². The molecule has 0 heterocycles. The molecule has 2 atom stereocenters. The molecule has 2 unspecified atom stereocenters. The molecule has 0 fully saturated rings. The molecule has 0 saturated heterocycles. The second-order valence-corrected chi connectivity index (χ2v) is 6.18. The van der Waals surface area contributed by atoms with Gasteiger partial charge in [0.05, 0.1) is 13.0 Å². The Balaban J connectivity index is 1.77. The second kappa shape index (κ2) is 11.1. The van der Waals surface area contributed by atoms with Crippen molar-refractivity contribution in [3.8, 4) is 0 Å². The fraction of sp³-hybridized carbons (Fsp3) is 0.333. The standard InChI is InChI=1S/C21H25NO6/c1-2-27-19(24)12-15-8-10-17(11-9-15)20(25)18(23)13-22-21(26)28-14-16-6-4-3-5-7-16/h3-11,18,20,23,25H,2,12-14H2,1H3,(H,22,26). The van der Waals surface area contributed by atoms with E-state index in [4.69, 9.17) is 9.47 Å². The van der Waals surface area contributed by atoms with Gasteiger partial charge < -0.3 is 25.0 Å². The van der Waals surface area contributed by atoms with Crippen LogP contribution >= 0.6 is 0 Å². The highest BCUT2D eigenvalue weighted by Crippen LogP contribution is 2.18. The molecule has 150 valence electrons. The maximum atomic E-state index is 11.7. The number of benzene rings is 2. The van der Waals surface area contributed by atoms with Gasteiger partial charge in [0.15, 0.2) is 0 Å². The van der Waals surface area contributed by atoms with Crippen molar-refractivity contribution in [2.24, 2.45) is 0 Å². The first-order valence-corrected chi connectivity index (χ1v) is 9.04. The Morgan fingerprint density at radius 3 is 2.29 bits per heavy atom. The highest BCUT2D eigenvalue weighted by molar-refractivity contribution is 5.72. The van der Waals surface area contributed by atoms with Crippen LogP contribution in [0.1, 0.15) is 29.7 Å². The number of hydrogen-bond acceptors (Lipinski definition) is 6. The summed E-state index contributed by atoms with van der Waals surface area (Å²) in [6.45, 7) is 2.01. The largest absolute Gasteiger partial charge is 0.466 e. The molecule has 0 aliphatic heterocycles. The third-order valence-corrected chi connectivity index (χ3v) is 4.01. The van der Waals surface area contributed by atoms with Crippen molar-refractivity contribution in [1.82, 2.24) is 5.32 Å². The van der Waals surface area contributed by atoms with Gasteiger partial charge in [-0.3, -0.25) is 4.79 Å². The minimum Gasteiger partial charge on any atom is -0.466 e. The summed E-state index contributed by atoms with van der Waals surface area (Å²) in [4.78, 5) is 23.2. The summed E-state index contributed by atoms with van der Waals surface area (Å²) >= 11 is 0. The lowest BCUT2D eigenvalue weighted by Crippen LogP contribution is -2.35. The molecular formula is C21H25NO6. The van der Waals surface area contributed by atoms with E-state index in [-0.39, 0.29) is 25.5 Å². The number of aliphatic hydroxyl groups excluding tert-OH is 2. The van der Waals surface area contributed by atoms with Gasteiger partial charge in [0, 0.05) is 6.54 Å². The predicted octanol–water partition coefficient (Wildman–Crippen LogP) is 2.11. The molecule has 7 heteroatoms. The van der Waals surface area contributed by atoms with E-state index in [9.17, 15) is 19.8 Å². The van der Waals surface area contributed by atoms with Crippen LogP contribution in [-0.2, 0) is 27.3 Å². The van der Waals surface area contributed by atoms with E-state index < -0.39 is 18.3 Å². The van der Waals surface area contributed by atoms with Crippen LogP contribution in [-0.4, -0.2) is 41.5 Å². The molecule has 0 aromatic heterocycles. The number of esters is 1. The Morgan fingerprint density at radius 2 is 1.64 bits per heavy atom. The topological polar surface area (TPSA) is 105 Å². The summed E-state index contributed by atoms with van der Waals surface area (Å²) in [5, 5.41) is 22.8. The van der Waals surface area contributed by atoms with E-state index in [1.54, 1.807) is 31.2 Å². The molecule has 0 saturated carbocycles. The number of aliphatic hydroxyl groups is 2. The van der Waals surface area contributed by atoms with Gasteiger partial charge in [-0.05, 0) is 23.6 Å². The Morgan fingerprint density at radius 1 is 0.964 bits per heavy atom. The molecular weight excluding hydrogens is 362 g/mol. The smallest absolute Gasteiger partial charge is 0.407 e. The Labute approximate surface area is 163 Å². The van der Waals surface area contributed by atoms with Crippen molar-refractivity contribution in [2.45, 2.75) is 32.2 Å². The first-order chi connectivity index (χ1) is 13.5. The van der Waals surface area contributed by atoms with Crippen LogP contribution in [0.2, 0.25) is 0 Å². The van der Waals surface area contributed by atoms with E-state index in [0.29, 0.717) is 12.2 Å². The van der Waals surface area contributed by atoms with Crippen molar-refractivity contribution in [3.05, 3.63) is 71.3 Å². The molecule has 3 N–H and O–H groups in total. The molecule has 0 aliphatic carbocycles. The van der Waals surface area contributed by atoms with Crippen LogP contribution in [0.15, 0.2) is 54.6 Å². The van der Waals surface area contributed by atoms with Gasteiger partial charge in [0.25, 0.3) is 0 Å². The minimum absolute atomic E-state index is 0.118. The molecule has 7 nitrogen and oxygen atoms in total. The lowest BCUT2D eigenvalue weighted by molar-refractivity contribution is -0.142. The molecule has 2 rings (SSSR count). The van der Waals surface area contributed by atoms with E-state index >= 15 is 0 Å². The number of hydrogen-bond donors (Lipinski definition) is 3. The van der Waals surface area contributed by atoms with E-state index in [1.165, 1.54) is 0 Å². The lowest BCUT2D eigenvalue weighted by Gasteiger charge is -2.19. The van der Waals surface area contributed by atoms with E-state index in [0.717, 1.165) is 11.1 Å². The maximum absolute atomic E-state index is 11.7. The van der Waals surface area contributed by atoms with Crippen molar-refractivity contribution in [1.29, 1.82) is 0 Å². The van der Waals surface area contributed by atoms with Crippen LogP contribution in [0.4, 0.5) is 4.79 Å². The first-order valence-electron chi connectivity index (χ1n) is 9.04. The number of nitrogens with one attached hydrogen (secondary N) is 1. The second-order valence-electron chi connectivity index (χ2n) is 6.18. The fourth-order valence-corrected chi connectivity index (χ4v) is 2.51. The number of alkyl carbamates (subject to hydrolysis) is 1. The van der Waals surface area contributed by atoms with Gasteiger partial charge >= 0.3 is 12.1 Å². The van der Waals surface area contributed by atoms with E-state index in [1.807, 2.05) is 30.3 Å². The average molecular weight is 387 g/mol. The van der Waals surface area contributed by atoms with Crippen LogP contribution in [0.5, 0.6) is 0 Å². The summed E-state index contributed by atoms with van der Waals surface area (Å²) in [7, 11) is 0. The molecule has 0 radical (unpaired) electrons. The monoisotopic (exact) mass is 387 g/mol. The summed E-state index contributed by atoms with van der Waals surface area (Å²) in [5.41, 5.74) is 2.06. The number of carbonyl (C=O) groups is 2. The van der Waals surface area contributed by atoms with Crippen molar-refractivity contribution < 1.29 is 29.3 Å².